The molecule has 18 heavy (non-hydrogen) atoms. The van der Waals surface area contributed by atoms with Crippen LogP contribution in [0, 0.1) is 10.1 Å². The summed E-state index contributed by atoms with van der Waals surface area (Å²) in [5.41, 5.74) is 5.47. The second kappa shape index (κ2) is 5.65. The number of anilines is 2. The van der Waals surface area contributed by atoms with Crippen molar-refractivity contribution in [3.8, 4) is 0 Å². The fourth-order valence-electron chi connectivity index (χ4n) is 1.33. The van der Waals surface area contributed by atoms with Crippen LogP contribution in [0.15, 0.2) is 18.2 Å². The zero-order chi connectivity index (χ0) is 13.8. The predicted molar refractivity (Wildman–Crippen MR) is 68.8 cm³/mol. The molecule has 1 aromatic rings. The van der Waals surface area contributed by atoms with Gasteiger partial charge in [0.2, 0.25) is 10.0 Å². The van der Waals surface area contributed by atoms with Gasteiger partial charge >= 0.3 is 5.69 Å². The minimum Gasteiger partial charge on any atom is -0.393 e. The molecule has 8 nitrogen and oxygen atoms in total. The van der Waals surface area contributed by atoms with E-state index in [-0.39, 0.29) is 29.4 Å². The number of rotatable bonds is 6. The first kappa shape index (κ1) is 14.2. The lowest BCUT2D eigenvalue weighted by atomic mass is 10.2. The number of nitro benzene ring substituents is 1. The first-order valence-corrected chi connectivity index (χ1v) is 6.70. The largest absolute Gasteiger partial charge is 0.393 e. The van der Waals surface area contributed by atoms with Gasteiger partial charge in [0.1, 0.15) is 11.4 Å². The van der Waals surface area contributed by atoms with Crippen molar-refractivity contribution in [2.24, 2.45) is 0 Å². The topological polar surface area (TPSA) is 127 Å². The van der Waals surface area contributed by atoms with Gasteiger partial charge in [0.25, 0.3) is 0 Å². The molecule has 0 saturated heterocycles. The summed E-state index contributed by atoms with van der Waals surface area (Å²) >= 11 is 0. The number of hydrogen-bond donors (Lipinski definition) is 3. The number of nitrogens with one attached hydrogen (secondary N) is 2. The minimum absolute atomic E-state index is 0.0291. The molecule has 0 aliphatic carbocycles. The van der Waals surface area contributed by atoms with Crippen molar-refractivity contribution in [2.75, 3.05) is 30.4 Å². The summed E-state index contributed by atoms with van der Waals surface area (Å²) < 4.78 is 24.5. The lowest BCUT2D eigenvalue weighted by Crippen LogP contribution is -2.26. The fraction of sp³-hybridized carbons (Fsp3) is 0.333. The summed E-state index contributed by atoms with van der Waals surface area (Å²) in [7, 11) is -2.04. The molecule has 0 aromatic heterocycles. The van der Waals surface area contributed by atoms with Gasteiger partial charge in [-0.3, -0.25) is 10.1 Å². The van der Waals surface area contributed by atoms with Gasteiger partial charge in [-0.25, -0.2) is 13.1 Å². The van der Waals surface area contributed by atoms with Crippen molar-refractivity contribution in [3.63, 3.8) is 0 Å². The van der Waals surface area contributed by atoms with E-state index in [0.717, 1.165) is 0 Å². The Morgan fingerprint density at radius 2 is 2.11 bits per heavy atom. The highest BCUT2D eigenvalue weighted by atomic mass is 32.2. The third-order valence-corrected chi connectivity index (χ3v) is 3.61. The maximum Gasteiger partial charge on any atom is 0.314 e. The number of nitro groups is 1. The van der Waals surface area contributed by atoms with Crippen LogP contribution in [0.1, 0.15) is 0 Å². The molecule has 4 N–H and O–H groups in total. The van der Waals surface area contributed by atoms with Gasteiger partial charge in [-0.05, 0) is 19.2 Å². The summed E-state index contributed by atoms with van der Waals surface area (Å²) in [5.74, 6) is -0.185. The van der Waals surface area contributed by atoms with Gasteiger partial charge in [0, 0.05) is 6.54 Å². The molecule has 0 heterocycles. The third kappa shape index (κ3) is 3.57. The van der Waals surface area contributed by atoms with Gasteiger partial charge in [0.05, 0.1) is 10.7 Å². The molecule has 0 atom stereocenters. The van der Waals surface area contributed by atoms with Crippen molar-refractivity contribution >= 4 is 27.1 Å². The second-order valence-electron chi connectivity index (χ2n) is 3.45. The molecule has 0 bridgehead atoms. The average molecular weight is 274 g/mol. The maximum atomic E-state index is 11.2. The lowest BCUT2D eigenvalue weighted by molar-refractivity contribution is -0.383. The Bertz CT molecular complexity index is 543. The number of benzene rings is 1. The molecular formula is C9H14N4O4S. The Hall–Kier alpha value is -1.87. The zero-order valence-corrected chi connectivity index (χ0v) is 10.5. The van der Waals surface area contributed by atoms with Crippen LogP contribution in [0.3, 0.4) is 0 Å². The molecule has 0 fully saturated rings. The van der Waals surface area contributed by atoms with E-state index in [1.807, 2.05) is 0 Å². The van der Waals surface area contributed by atoms with E-state index in [4.69, 9.17) is 5.73 Å². The summed E-state index contributed by atoms with van der Waals surface area (Å²) in [4.78, 5) is 10.2. The van der Waals surface area contributed by atoms with Gasteiger partial charge in [0.15, 0.2) is 0 Å². The van der Waals surface area contributed by atoms with Gasteiger partial charge < -0.3 is 11.1 Å². The Morgan fingerprint density at radius 3 is 2.67 bits per heavy atom. The fourth-order valence-corrected chi connectivity index (χ4v) is 1.90. The van der Waals surface area contributed by atoms with Crippen molar-refractivity contribution in [1.29, 1.82) is 0 Å². The quantitative estimate of drug-likeness (QED) is 0.384. The molecule has 0 radical (unpaired) electrons. The Balaban J connectivity index is 2.80. The molecule has 9 heteroatoms. The SMILES string of the molecule is CNS(=O)(=O)CCNc1cccc(N)c1[N+](=O)[O-]. The summed E-state index contributed by atoms with van der Waals surface area (Å²) in [6.07, 6.45) is 0. The highest BCUT2D eigenvalue weighted by Crippen LogP contribution is 2.30. The first-order valence-electron chi connectivity index (χ1n) is 5.05. The molecule has 0 unspecified atom stereocenters. The number of nitrogen functional groups attached to an aromatic ring is 1. The summed E-state index contributed by atoms with van der Waals surface area (Å²) in [6, 6.07) is 4.44. The Kier molecular flexibility index (Phi) is 4.45. The normalized spacial score (nSPS) is 11.2. The van der Waals surface area contributed by atoms with Crippen LogP contribution in [0.25, 0.3) is 0 Å². The van der Waals surface area contributed by atoms with Crippen LogP contribution in [-0.4, -0.2) is 32.7 Å². The van der Waals surface area contributed by atoms with Crippen LogP contribution < -0.4 is 15.8 Å². The van der Waals surface area contributed by atoms with Crippen molar-refractivity contribution in [2.45, 2.75) is 0 Å². The zero-order valence-electron chi connectivity index (χ0n) is 9.71. The molecule has 0 aliphatic rings. The van der Waals surface area contributed by atoms with Crippen LogP contribution in [0.4, 0.5) is 17.1 Å². The highest BCUT2D eigenvalue weighted by molar-refractivity contribution is 7.89. The molecule has 0 amide bonds. The standard InChI is InChI=1S/C9H14N4O4S/c1-11-18(16,17)6-5-12-8-4-2-3-7(10)9(8)13(14)15/h2-4,11-12H,5-6,10H2,1H3. The minimum atomic E-state index is -3.35. The van der Waals surface area contributed by atoms with E-state index in [0.29, 0.717) is 0 Å². The van der Waals surface area contributed by atoms with Crippen molar-refractivity contribution in [3.05, 3.63) is 28.3 Å². The van der Waals surface area contributed by atoms with Gasteiger partial charge in [-0.15, -0.1) is 0 Å². The van der Waals surface area contributed by atoms with Crippen LogP contribution in [0.5, 0.6) is 0 Å². The number of nitrogens with zero attached hydrogens (tertiary/aromatic N) is 1. The number of nitrogens with two attached hydrogens (primary N) is 1. The molecular weight excluding hydrogens is 260 g/mol. The highest BCUT2D eigenvalue weighted by Gasteiger charge is 2.17. The predicted octanol–water partition coefficient (Wildman–Crippen LogP) is 0.138. The van der Waals surface area contributed by atoms with E-state index in [9.17, 15) is 18.5 Å². The molecule has 0 spiro atoms. The molecule has 0 saturated carbocycles. The smallest absolute Gasteiger partial charge is 0.314 e. The lowest BCUT2D eigenvalue weighted by Gasteiger charge is -2.08. The third-order valence-electron chi connectivity index (χ3n) is 2.25. The maximum absolute atomic E-state index is 11.2. The molecule has 1 rings (SSSR count). The van der Waals surface area contributed by atoms with Crippen LogP contribution >= 0.6 is 0 Å². The summed E-state index contributed by atoms with van der Waals surface area (Å²) in [5, 5.41) is 13.5. The van der Waals surface area contributed by atoms with E-state index >= 15 is 0 Å². The number of para-hydroxylation sites is 1. The molecule has 0 aliphatic heterocycles. The average Bonchev–Trinajstić information content (AvgIpc) is 2.28. The van der Waals surface area contributed by atoms with Gasteiger partial charge in [-0.2, -0.15) is 0 Å². The molecule has 1 aromatic carbocycles. The molecule has 100 valence electrons. The van der Waals surface area contributed by atoms with E-state index in [1.165, 1.54) is 19.2 Å². The van der Waals surface area contributed by atoms with E-state index in [2.05, 4.69) is 10.0 Å². The summed E-state index contributed by atoms with van der Waals surface area (Å²) in [6.45, 7) is 0.0491. The van der Waals surface area contributed by atoms with Crippen molar-refractivity contribution < 1.29 is 13.3 Å². The Labute approximate surface area is 104 Å². The van der Waals surface area contributed by atoms with E-state index < -0.39 is 14.9 Å². The van der Waals surface area contributed by atoms with Gasteiger partial charge in [-0.1, -0.05) is 6.07 Å². The second-order valence-corrected chi connectivity index (χ2v) is 5.50. The number of sulfonamides is 1. The first-order chi connectivity index (χ1) is 8.37. The Morgan fingerprint density at radius 1 is 1.44 bits per heavy atom. The monoisotopic (exact) mass is 274 g/mol. The van der Waals surface area contributed by atoms with Crippen LogP contribution in [0.2, 0.25) is 0 Å². The van der Waals surface area contributed by atoms with Crippen LogP contribution in [-0.2, 0) is 10.0 Å². The van der Waals surface area contributed by atoms with Crippen molar-refractivity contribution in [1.82, 2.24) is 4.72 Å². The van der Waals surface area contributed by atoms with E-state index in [1.54, 1.807) is 6.07 Å². The number of hydrogen-bond acceptors (Lipinski definition) is 6.